The Labute approximate surface area is 164 Å². The molecule has 0 bridgehead atoms. The number of rotatable bonds is 5. The number of nitrogens with zero attached hydrogens (tertiary/aromatic N) is 1. The van der Waals surface area contributed by atoms with Crippen molar-refractivity contribution in [2.75, 3.05) is 6.54 Å². The lowest BCUT2D eigenvalue weighted by Gasteiger charge is -2.34. The Hall–Kier alpha value is -3.40. The summed E-state index contributed by atoms with van der Waals surface area (Å²) in [6.45, 7) is 1.00. The molecule has 1 aliphatic heterocycles. The first-order chi connectivity index (χ1) is 13.8. The molecule has 1 amide bonds. The Morgan fingerprint density at radius 2 is 1.71 bits per heavy atom. The third-order valence-electron chi connectivity index (χ3n) is 5.05. The summed E-state index contributed by atoms with van der Waals surface area (Å²) >= 11 is 0. The van der Waals surface area contributed by atoms with Crippen molar-refractivity contribution in [2.24, 2.45) is 0 Å². The monoisotopic (exact) mass is 371 g/mol. The van der Waals surface area contributed by atoms with Gasteiger partial charge in [0, 0.05) is 12.1 Å². The minimum absolute atomic E-state index is 0.118. The van der Waals surface area contributed by atoms with Crippen molar-refractivity contribution in [1.29, 1.82) is 0 Å². The van der Waals surface area contributed by atoms with Gasteiger partial charge >= 0.3 is 0 Å². The number of hydrogen-bond acceptors (Lipinski definition) is 3. The van der Waals surface area contributed by atoms with E-state index in [0.29, 0.717) is 25.1 Å². The number of hydrogen-bond donors (Lipinski definition) is 0. The van der Waals surface area contributed by atoms with Gasteiger partial charge in [-0.1, -0.05) is 54.6 Å². The highest BCUT2D eigenvalue weighted by molar-refractivity contribution is 5.96. The Bertz CT molecular complexity index is 970. The Kier molecular flexibility index (Phi) is 5.20. The molecule has 0 aromatic heterocycles. The van der Waals surface area contributed by atoms with Crippen LogP contribution in [0.5, 0.6) is 5.75 Å². The first-order valence-corrected chi connectivity index (χ1v) is 9.37. The first-order valence-electron chi connectivity index (χ1n) is 9.37. The molecule has 0 aliphatic carbocycles. The first kappa shape index (κ1) is 18.0. The van der Waals surface area contributed by atoms with E-state index >= 15 is 0 Å². The van der Waals surface area contributed by atoms with Crippen molar-refractivity contribution in [3.05, 3.63) is 101 Å². The van der Waals surface area contributed by atoms with Crippen molar-refractivity contribution in [3.63, 3.8) is 0 Å². The number of ether oxygens (including phenoxy) is 1. The maximum absolute atomic E-state index is 12.8. The van der Waals surface area contributed by atoms with Gasteiger partial charge in [0.2, 0.25) is 0 Å². The molecule has 1 aliphatic rings. The zero-order chi connectivity index (χ0) is 19.3. The second kappa shape index (κ2) is 8.09. The molecule has 0 saturated carbocycles. The molecule has 0 radical (unpaired) electrons. The minimum atomic E-state index is -0.570. The van der Waals surface area contributed by atoms with Crippen LogP contribution >= 0.6 is 0 Å². The van der Waals surface area contributed by atoms with E-state index in [2.05, 4.69) is 0 Å². The van der Waals surface area contributed by atoms with Crippen molar-refractivity contribution >= 4 is 12.2 Å². The molecule has 1 heterocycles. The molecule has 1 atom stereocenters. The van der Waals surface area contributed by atoms with Gasteiger partial charge in [-0.25, -0.2) is 0 Å². The lowest BCUT2D eigenvalue weighted by Crippen LogP contribution is -2.40. The molecule has 140 valence electrons. The smallest absolute Gasteiger partial charge is 0.254 e. The molecule has 0 fully saturated rings. The van der Waals surface area contributed by atoms with E-state index in [4.69, 9.17) is 4.74 Å². The highest BCUT2D eigenvalue weighted by atomic mass is 16.5. The van der Waals surface area contributed by atoms with E-state index in [0.717, 1.165) is 28.7 Å². The minimum Gasteiger partial charge on any atom is -0.489 e. The van der Waals surface area contributed by atoms with Gasteiger partial charge < -0.3 is 14.4 Å². The van der Waals surface area contributed by atoms with E-state index in [9.17, 15) is 9.59 Å². The van der Waals surface area contributed by atoms with E-state index in [1.807, 2.05) is 66.7 Å². The molecule has 3 aromatic carbocycles. The molecule has 0 spiro atoms. The largest absolute Gasteiger partial charge is 0.489 e. The second-order valence-corrected chi connectivity index (χ2v) is 6.83. The average molecular weight is 371 g/mol. The van der Waals surface area contributed by atoms with Gasteiger partial charge in [0.25, 0.3) is 5.91 Å². The van der Waals surface area contributed by atoms with E-state index in [1.54, 1.807) is 17.0 Å². The zero-order valence-corrected chi connectivity index (χ0v) is 15.5. The lowest BCUT2D eigenvalue weighted by atomic mass is 9.92. The highest BCUT2D eigenvalue weighted by Gasteiger charge is 2.31. The molecular formula is C24H21NO3. The Morgan fingerprint density at radius 1 is 1.00 bits per heavy atom. The van der Waals surface area contributed by atoms with Gasteiger partial charge in [-0.2, -0.15) is 0 Å². The number of amides is 1. The average Bonchev–Trinajstić information content (AvgIpc) is 2.77. The van der Waals surface area contributed by atoms with Crippen molar-refractivity contribution in [1.82, 2.24) is 4.90 Å². The van der Waals surface area contributed by atoms with Gasteiger partial charge in [0.15, 0.2) is 0 Å². The predicted octanol–water partition coefficient (Wildman–Crippen LogP) is 4.20. The number of carbonyl (C=O) groups excluding carboxylic acids is 2. The Morgan fingerprint density at radius 3 is 2.43 bits per heavy atom. The van der Waals surface area contributed by atoms with Crippen LogP contribution in [0, 0.1) is 0 Å². The van der Waals surface area contributed by atoms with Crippen LogP contribution < -0.4 is 4.74 Å². The van der Waals surface area contributed by atoms with Crippen LogP contribution in [0.15, 0.2) is 78.9 Å². The van der Waals surface area contributed by atoms with Gasteiger partial charge in [-0.3, -0.25) is 4.79 Å². The number of carbonyl (C=O) groups is 2. The maximum atomic E-state index is 12.8. The fourth-order valence-corrected chi connectivity index (χ4v) is 3.59. The highest BCUT2D eigenvalue weighted by Crippen LogP contribution is 2.32. The summed E-state index contributed by atoms with van der Waals surface area (Å²) in [7, 11) is 0. The summed E-state index contributed by atoms with van der Waals surface area (Å²) in [4.78, 5) is 26.3. The topological polar surface area (TPSA) is 46.6 Å². The quantitative estimate of drug-likeness (QED) is 0.632. The van der Waals surface area contributed by atoms with Gasteiger partial charge in [0.1, 0.15) is 24.7 Å². The zero-order valence-electron chi connectivity index (χ0n) is 15.5. The molecule has 4 heteroatoms. The normalized spacial score (nSPS) is 15.6. The molecule has 3 aromatic rings. The third kappa shape index (κ3) is 3.67. The summed E-state index contributed by atoms with van der Waals surface area (Å²) in [6.07, 6.45) is 1.55. The lowest BCUT2D eigenvalue weighted by molar-refractivity contribution is -0.112. The fourth-order valence-electron chi connectivity index (χ4n) is 3.59. The number of aldehydes is 1. The molecule has 1 unspecified atom stereocenters. The van der Waals surface area contributed by atoms with Gasteiger partial charge in [-0.15, -0.1) is 0 Å². The summed E-state index contributed by atoms with van der Waals surface area (Å²) < 4.78 is 5.90. The molecular weight excluding hydrogens is 350 g/mol. The number of benzene rings is 3. The summed E-state index contributed by atoms with van der Waals surface area (Å²) in [5.41, 5.74) is 3.63. The molecule has 0 saturated heterocycles. The second-order valence-electron chi connectivity index (χ2n) is 6.83. The van der Waals surface area contributed by atoms with Gasteiger partial charge in [0.05, 0.1) is 0 Å². The van der Waals surface area contributed by atoms with Crippen LogP contribution in [-0.4, -0.2) is 23.6 Å². The van der Waals surface area contributed by atoms with Crippen molar-refractivity contribution < 1.29 is 14.3 Å². The summed E-state index contributed by atoms with van der Waals surface area (Å²) in [5, 5.41) is 0. The van der Waals surface area contributed by atoms with Crippen LogP contribution in [0.3, 0.4) is 0 Å². The van der Waals surface area contributed by atoms with E-state index in [1.165, 1.54) is 0 Å². The van der Waals surface area contributed by atoms with Crippen LogP contribution in [0.4, 0.5) is 0 Å². The maximum Gasteiger partial charge on any atom is 0.254 e. The fraction of sp³-hybridized carbons (Fsp3) is 0.167. The van der Waals surface area contributed by atoms with Crippen LogP contribution in [0.1, 0.15) is 33.1 Å². The van der Waals surface area contributed by atoms with Crippen molar-refractivity contribution in [3.8, 4) is 5.75 Å². The molecule has 4 nitrogen and oxygen atoms in total. The summed E-state index contributed by atoms with van der Waals surface area (Å²) in [5.74, 6) is 0.655. The molecule has 4 rings (SSSR count). The van der Waals surface area contributed by atoms with E-state index < -0.39 is 6.04 Å². The third-order valence-corrected chi connectivity index (χ3v) is 5.05. The van der Waals surface area contributed by atoms with Crippen LogP contribution in [0.25, 0.3) is 0 Å². The van der Waals surface area contributed by atoms with Crippen molar-refractivity contribution in [2.45, 2.75) is 19.1 Å². The predicted molar refractivity (Wildman–Crippen MR) is 107 cm³/mol. The van der Waals surface area contributed by atoms with Crippen LogP contribution in [-0.2, 0) is 17.8 Å². The Balaban J connectivity index is 1.53. The van der Waals surface area contributed by atoms with Gasteiger partial charge in [-0.05, 0) is 47.4 Å². The van der Waals surface area contributed by atoms with Crippen LogP contribution in [0.2, 0.25) is 0 Å². The number of fused-ring (bicyclic) bond motifs is 1. The molecule has 0 N–H and O–H groups in total. The standard InChI is InChI=1S/C24H21NO3/c26-16-23-22-12-11-21(28-17-18-7-3-1-4-8-18)15-20(22)13-14-25(23)24(27)19-9-5-2-6-10-19/h1-12,15-16,23H,13-14,17H2. The van der Waals surface area contributed by atoms with E-state index in [-0.39, 0.29) is 5.91 Å². The summed E-state index contributed by atoms with van der Waals surface area (Å²) in [6, 6.07) is 24.3. The SMILES string of the molecule is O=CC1c2ccc(OCc3ccccc3)cc2CCN1C(=O)c1ccccc1. The molecule has 28 heavy (non-hydrogen) atoms.